The lowest BCUT2D eigenvalue weighted by Crippen LogP contribution is -2.41. The Morgan fingerprint density at radius 1 is 1.48 bits per heavy atom. The van der Waals surface area contributed by atoms with E-state index < -0.39 is 18.0 Å². The van der Waals surface area contributed by atoms with Gasteiger partial charge in [-0.2, -0.15) is 5.10 Å². The lowest BCUT2D eigenvalue weighted by molar-refractivity contribution is 0.168. The fourth-order valence-corrected chi connectivity index (χ4v) is 2.94. The van der Waals surface area contributed by atoms with Gasteiger partial charge >= 0.3 is 6.03 Å². The average molecular weight is 347 g/mol. The number of hydrogen-bond donors (Lipinski definition) is 3. The largest absolute Gasteiger partial charge is 0.386 e. The fourth-order valence-electron chi connectivity index (χ4n) is 2.94. The fraction of sp³-hybridized carbons (Fsp3) is 0.471. The number of hydrogen-bond acceptors (Lipinski definition) is 4. The Hall–Kier alpha value is -2.48. The Morgan fingerprint density at radius 3 is 3.04 bits per heavy atom. The van der Waals surface area contributed by atoms with Crippen LogP contribution in [0.4, 0.5) is 9.18 Å². The van der Waals surface area contributed by atoms with Crippen molar-refractivity contribution in [1.29, 1.82) is 0 Å². The molecular formula is C17H22FN5O2. The SMILES string of the molecule is CCc1nc2n(n1)CCCC2NC(=O)NCC(O)c1ccccc1F. The van der Waals surface area contributed by atoms with Crippen LogP contribution in [-0.2, 0) is 13.0 Å². The number of nitrogens with zero attached hydrogens (tertiary/aromatic N) is 3. The van der Waals surface area contributed by atoms with Crippen molar-refractivity contribution >= 4 is 6.03 Å². The zero-order valence-corrected chi connectivity index (χ0v) is 14.1. The molecule has 0 spiro atoms. The zero-order valence-electron chi connectivity index (χ0n) is 14.1. The van der Waals surface area contributed by atoms with E-state index in [4.69, 9.17) is 0 Å². The number of aromatic nitrogens is 3. The van der Waals surface area contributed by atoms with Gasteiger partial charge in [0.1, 0.15) is 11.6 Å². The minimum Gasteiger partial charge on any atom is -0.386 e. The van der Waals surface area contributed by atoms with Gasteiger partial charge in [0.05, 0.1) is 12.1 Å². The maximum Gasteiger partial charge on any atom is 0.315 e. The van der Waals surface area contributed by atoms with Crippen LogP contribution in [0.3, 0.4) is 0 Å². The van der Waals surface area contributed by atoms with Gasteiger partial charge in [-0.05, 0) is 18.9 Å². The van der Waals surface area contributed by atoms with Gasteiger partial charge in [0.2, 0.25) is 0 Å². The molecule has 0 fully saturated rings. The lowest BCUT2D eigenvalue weighted by atomic mass is 10.1. The summed E-state index contributed by atoms with van der Waals surface area (Å²) in [6.45, 7) is 2.71. The number of aliphatic hydroxyl groups is 1. The van der Waals surface area contributed by atoms with Crippen LogP contribution in [0.2, 0.25) is 0 Å². The van der Waals surface area contributed by atoms with E-state index in [0.29, 0.717) is 0 Å². The van der Waals surface area contributed by atoms with Crippen molar-refractivity contribution in [1.82, 2.24) is 25.4 Å². The average Bonchev–Trinajstić information content (AvgIpc) is 3.04. The molecule has 0 radical (unpaired) electrons. The van der Waals surface area contributed by atoms with Gasteiger partial charge in [-0.15, -0.1) is 0 Å². The molecule has 1 aromatic heterocycles. The molecule has 0 saturated carbocycles. The highest BCUT2D eigenvalue weighted by atomic mass is 19.1. The van der Waals surface area contributed by atoms with Crippen molar-refractivity contribution in [2.24, 2.45) is 0 Å². The number of amides is 2. The highest BCUT2D eigenvalue weighted by molar-refractivity contribution is 5.74. The molecule has 2 amide bonds. The third-order valence-corrected chi connectivity index (χ3v) is 4.26. The second kappa shape index (κ2) is 7.60. The third kappa shape index (κ3) is 3.96. The lowest BCUT2D eigenvalue weighted by Gasteiger charge is -2.23. The van der Waals surface area contributed by atoms with Crippen LogP contribution < -0.4 is 10.6 Å². The summed E-state index contributed by atoms with van der Waals surface area (Å²) >= 11 is 0. The quantitative estimate of drug-likeness (QED) is 0.770. The Labute approximate surface area is 145 Å². The molecule has 1 aromatic carbocycles. The van der Waals surface area contributed by atoms with E-state index in [-0.39, 0.29) is 18.2 Å². The molecule has 0 saturated heterocycles. The van der Waals surface area contributed by atoms with E-state index in [0.717, 1.165) is 37.5 Å². The maximum atomic E-state index is 13.6. The summed E-state index contributed by atoms with van der Waals surface area (Å²) in [7, 11) is 0. The van der Waals surface area contributed by atoms with Crippen LogP contribution in [0.1, 0.15) is 49.1 Å². The molecule has 1 aliphatic heterocycles. The normalized spacial score (nSPS) is 17.6. The topological polar surface area (TPSA) is 92.1 Å². The van der Waals surface area contributed by atoms with Crippen molar-refractivity contribution in [3.63, 3.8) is 0 Å². The Kier molecular flexibility index (Phi) is 5.28. The van der Waals surface area contributed by atoms with Crippen LogP contribution in [0.5, 0.6) is 0 Å². The molecule has 8 heteroatoms. The number of benzene rings is 1. The predicted octanol–water partition coefficient (Wildman–Crippen LogP) is 1.85. The Bertz CT molecular complexity index is 748. The van der Waals surface area contributed by atoms with E-state index in [2.05, 4.69) is 20.7 Å². The molecule has 2 aromatic rings. The molecule has 2 unspecified atom stereocenters. The van der Waals surface area contributed by atoms with Gasteiger partial charge in [-0.1, -0.05) is 25.1 Å². The number of fused-ring (bicyclic) bond motifs is 1. The van der Waals surface area contributed by atoms with E-state index in [1.165, 1.54) is 12.1 Å². The summed E-state index contributed by atoms with van der Waals surface area (Å²) < 4.78 is 15.5. The first kappa shape index (κ1) is 17.3. The first-order valence-corrected chi connectivity index (χ1v) is 8.49. The van der Waals surface area contributed by atoms with Crippen LogP contribution in [0.15, 0.2) is 24.3 Å². The maximum absolute atomic E-state index is 13.6. The van der Waals surface area contributed by atoms with Crippen molar-refractivity contribution in [3.8, 4) is 0 Å². The summed E-state index contributed by atoms with van der Waals surface area (Å²) in [4.78, 5) is 16.6. The summed E-state index contributed by atoms with van der Waals surface area (Å²) in [5.41, 5.74) is 0.160. The zero-order chi connectivity index (χ0) is 17.8. The molecule has 0 bridgehead atoms. The molecule has 3 N–H and O–H groups in total. The standard InChI is InChI=1S/C17H22FN5O2/c1-2-15-21-16-13(8-5-9-23(16)22-15)20-17(25)19-10-14(24)11-6-3-4-7-12(11)18/h3-4,6-7,13-14,24H,2,5,8-10H2,1H3,(H2,19,20,25). The van der Waals surface area contributed by atoms with Gasteiger partial charge in [0, 0.05) is 25.1 Å². The van der Waals surface area contributed by atoms with Gasteiger partial charge < -0.3 is 15.7 Å². The molecule has 3 rings (SSSR count). The first-order chi connectivity index (χ1) is 12.1. The Balaban J connectivity index is 1.57. The van der Waals surface area contributed by atoms with Crippen molar-refractivity contribution in [2.45, 2.75) is 44.9 Å². The number of rotatable bonds is 5. The smallest absolute Gasteiger partial charge is 0.315 e. The number of aryl methyl sites for hydroxylation is 2. The monoisotopic (exact) mass is 347 g/mol. The van der Waals surface area contributed by atoms with Crippen LogP contribution in [0.25, 0.3) is 0 Å². The van der Waals surface area contributed by atoms with E-state index in [1.807, 2.05) is 11.6 Å². The van der Waals surface area contributed by atoms with Crippen LogP contribution >= 0.6 is 0 Å². The van der Waals surface area contributed by atoms with E-state index in [1.54, 1.807) is 12.1 Å². The number of carbonyl (C=O) groups excluding carboxylic acids is 1. The molecule has 7 nitrogen and oxygen atoms in total. The predicted molar refractivity (Wildman–Crippen MR) is 89.3 cm³/mol. The molecule has 25 heavy (non-hydrogen) atoms. The highest BCUT2D eigenvalue weighted by Gasteiger charge is 2.25. The van der Waals surface area contributed by atoms with Crippen molar-refractivity contribution in [3.05, 3.63) is 47.3 Å². The number of aliphatic hydroxyl groups excluding tert-OH is 1. The highest BCUT2D eigenvalue weighted by Crippen LogP contribution is 2.23. The van der Waals surface area contributed by atoms with Crippen molar-refractivity contribution < 1.29 is 14.3 Å². The molecule has 2 atom stereocenters. The summed E-state index contributed by atoms with van der Waals surface area (Å²) in [6.07, 6.45) is 1.33. The van der Waals surface area contributed by atoms with Crippen LogP contribution in [-0.4, -0.2) is 32.4 Å². The van der Waals surface area contributed by atoms with Crippen molar-refractivity contribution in [2.75, 3.05) is 6.54 Å². The number of urea groups is 1. The molecule has 2 heterocycles. The second-order valence-electron chi connectivity index (χ2n) is 6.05. The summed E-state index contributed by atoms with van der Waals surface area (Å²) in [5.74, 6) is 1.02. The molecule has 134 valence electrons. The minimum absolute atomic E-state index is 0.0770. The molecular weight excluding hydrogens is 325 g/mol. The van der Waals surface area contributed by atoms with Gasteiger partial charge in [-0.3, -0.25) is 0 Å². The van der Waals surface area contributed by atoms with Gasteiger partial charge in [-0.25, -0.2) is 18.9 Å². The number of nitrogens with one attached hydrogen (secondary N) is 2. The summed E-state index contributed by atoms with van der Waals surface area (Å²) in [6, 6.07) is 5.33. The minimum atomic E-state index is -1.10. The van der Waals surface area contributed by atoms with Gasteiger partial charge in [0.25, 0.3) is 0 Å². The van der Waals surface area contributed by atoms with E-state index >= 15 is 0 Å². The summed E-state index contributed by atoms with van der Waals surface area (Å²) in [5, 5.41) is 19.9. The van der Waals surface area contributed by atoms with Gasteiger partial charge in [0.15, 0.2) is 5.82 Å². The third-order valence-electron chi connectivity index (χ3n) is 4.26. The Morgan fingerprint density at radius 2 is 2.28 bits per heavy atom. The van der Waals surface area contributed by atoms with E-state index in [9.17, 15) is 14.3 Å². The molecule has 0 aliphatic carbocycles. The van der Waals surface area contributed by atoms with Crippen LogP contribution in [0, 0.1) is 5.82 Å². The number of halogens is 1. The first-order valence-electron chi connectivity index (χ1n) is 8.49. The second-order valence-corrected chi connectivity index (χ2v) is 6.05. The number of carbonyl (C=O) groups is 1. The molecule has 1 aliphatic rings.